The minimum absolute atomic E-state index is 0.316. The van der Waals surface area contributed by atoms with Crippen LogP contribution in [0.25, 0.3) is 0 Å². The first-order chi connectivity index (χ1) is 30.0. The quantitative estimate of drug-likeness (QED) is 0.0640. The summed E-state index contributed by atoms with van der Waals surface area (Å²) < 4.78 is 22.6. The van der Waals surface area contributed by atoms with Gasteiger partial charge in [-0.15, -0.1) is 13.2 Å². The Balaban J connectivity index is 1.06. The number of ether oxygens (including phenoxy) is 3. The van der Waals surface area contributed by atoms with Crippen molar-refractivity contribution in [3.8, 4) is 0 Å². The van der Waals surface area contributed by atoms with Crippen molar-refractivity contribution in [1.82, 2.24) is 0 Å². The average molecular weight is 807 g/mol. The van der Waals surface area contributed by atoms with Crippen LogP contribution in [-0.2, 0) is 25.4 Å². The van der Waals surface area contributed by atoms with Crippen molar-refractivity contribution in [3.63, 3.8) is 0 Å². The van der Waals surface area contributed by atoms with Gasteiger partial charge in [-0.25, -0.2) is 0 Å². The topological polar surface area (TPSA) is 27.7 Å². The van der Waals surface area contributed by atoms with Gasteiger partial charge in [-0.1, -0.05) is 207 Å². The van der Waals surface area contributed by atoms with Crippen LogP contribution < -0.4 is 0 Å². The Kier molecular flexibility index (Phi) is 13.6. The maximum absolute atomic E-state index is 7.77. The number of rotatable bonds is 18. The van der Waals surface area contributed by atoms with Crippen LogP contribution in [0.3, 0.4) is 0 Å². The molecule has 0 radical (unpaired) electrons. The van der Waals surface area contributed by atoms with Crippen molar-refractivity contribution in [2.24, 2.45) is 11.8 Å². The van der Waals surface area contributed by atoms with E-state index in [9.17, 15) is 0 Å². The molecule has 0 saturated heterocycles. The molecule has 0 aromatic heterocycles. The van der Waals surface area contributed by atoms with Crippen molar-refractivity contribution in [2.45, 2.75) is 86.6 Å². The molecule has 0 amide bonds. The van der Waals surface area contributed by atoms with Crippen LogP contribution in [0.1, 0.15) is 97.6 Å². The molecule has 3 nitrogen and oxygen atoms in total. The van der Waals surface area contributed by atoms with E-state index in [0.717, 1.165) is 97.6 Å². The summed E-state index contributed by atoms with van der Waals surface area (Å²) in [4.78, 5) is 0. The van der Waals surface area contributed by atoms with Crippen molar-refractivity contribution < 1.29 is 14.2 Å². The van der Waals surface area contributed by atoms with Crippen molar-refractivity contribution in [1.29, 1.82) is 0 Å². The fraction of sp³-hybridized carbons (Fsp3) is 0.310. The Labute approximate surface area is 365 Å². The highest BCUT2D eigenvalue weighted by Crippen LogP contribution is 2.49. The Morgan fingerprint density at radius 1 is 0.426 bits per heavy atom. The molecule has 0 heterocycles. The van der Waals surface area contributed by atoms with Gasteiger partial charge in [0.1, 0.15) is 11.2 Å². The summed E-state index contributed by atoms with van der Waals surface area (Å²) in [6.07, 6.45) is 14.0. The lowest BCUT2D eigenvalue weighted by Gasteiger charge is -2.50. The van der Waals surface area contributed by atoms with Gasteiger partial charge in [0.25, 0.3) is 0 Å². The van der Waals surface area contributed by atoms with Crippen LogP contribution in [0.2, 0.25) is 0 Å². The third kappa shape index (κ3) is 9.16. The molecule has 4 atom stereocenters. The molecule has 0 N–H and O–H groups in total. The maximum atomic E-state index is 7.77. The predicted molar refractivity (Wildman–Crippen MR) is 250 cm³/mol. The van der Waals surface area contributed by atoms with Crippen LogP contribution in [0.4, 0.5) is 0 Å². The minimum atomic E-state index is -0.752. The zero-order valence-electron chi connectivity index (χ0n) is 35.8. The Bertz CT molecular complexity index is 1890. The molecule has 2 aliphatic carbocycles. The van der Waals surface area contributed by atoms with E-state index in [1.807, 2.05) is 0 Å². The molecule has 3 heteroatoms. The van der Waals surface area contributed by atoms with E-state index in [2.05, 4.69) is 207 Å². The van der Waals surface area contributed by atoms with Gasteiger partial charge >= 0.3 is 0 Å². The predicted octanol–water partition coefficient (Wildman–Crippen LogP) is 14.0. The first kappa shape index (κ1) is 42.4. The molecule has 61 heavy (non-hydrogen) atoms. The Morgan fingerprint density at radius 2 is 0.689 bits per heavy atom. The summed E-state index contributed by atoms with van der Waals surface area (Å²) >= 11 is 0. The summed E-state index contributed by atoms with van der Waals surface area (Å²) in [5.41, 5.74) is 4.62. The van der Waals surface area contributed by atoms with Gasteiger partial charge in [-0.3, -0.25) is 0 Å². The maximum Gasteiger partial charge on any atom is 0.143 e. The molecule has 2 saturated carbocycles. The summed E-state index contributed by atoms with van der Waals surface area (Å²) in [6.45, 7) is 9.83. The first-order valence-corrected chi connectivity index (χ1v) is 22.6. The van der Waals surface area contributed by atoms with E-state index in [0.29, 0.717) is 25.0 Å². The van der Waals surface area contributed by atoms with Gasteiger partial charge in [0.05, 0.1) is 24.4 Å². The molecule has 2 fully saturated rings. The third-order valence-electron chi connectivity index (χ3n) is 13.4. The number of benzene rings is 6. The molecular weight excluding hydrogens is 745 g/mol. The highest BCUT2D eigenvalue weighted by atomic mass is 16.5. The lowest BCUT2D eigenvalue weighted by molar-refractivity contribution is -0.201. The summed E-state index contributed by atoms with van der Waals surface area (Å²) in [5.74, 6) is 0.631. The molecule has 0 bridgehead atoms. The Morgan fingerprint density at radius 3 is 0.934 bits per heavy atom. The molecule has 0 spiro atoms. The van der Waals surface area contributed by atoms with Gasteiger partial charge < -0.3 is 14.2 Å². The fourth-order valence-electron chi connectivity index (χ4n) is 10.8. The number of hydrogen-bond donors (Lipinski definition) is 0. The van der Waals surface area contributed by atoms with Gasteiger partial charge in [0.15, 0.2) is 0 Å². The van der Waals surface area contributed by atoms with E-state index in [4.69, 9.17) is 14.2 Å². The van der Waals surface area contributed by atoms with Gasteiger partial charge in [-0.2, -0.15) is 0 Å². The van der Waals surface area contributed by atoms with E-state index in [-0.39, 0.29) is 11.2 Å². The van der Waals surface area contributed by atoms with E-state index < -0.39 is 11.2 Å². The zero-order chi connectivity index (χ0) is 41.9. The second kappa shape index (κ2) is 19.6. The minimum Gasteiger partial charge on any atom is -0.368 e. The third-order valence-corrected chi connectivity index (χ3v) is 13.4. The molecular formula is C58H62O3. The molecule has 0 aliphatic heterocycles. The summed E-state index contributed by atoms with van der Waals surface area (Å²) in [7, 11) is 0. The number of hydrogen-bond acceptors (Lipinski definition) is 3. The zero-order valence-corrected chi connectivity index (χ0v) is 35.8. The first-order valence-electron chi connectivity index (χ1n) is 22.6. The van der Waals surface area contributed by atoms with Crippen LogP contribution in [-0.4, -0.2) is 24.4 Å². The van der Waals surface area contributed by atoms with Gasteiger partial charge in [0, 0.05) is 0 Å². The lowest BCUT2D eigenvalue weighted by Crippen LogP contribution is -2.50. The smallest absolute Gasteiger partial charge is 0.143 e. The summed E-state index contributed by atoms with van der Waals surface area (Å²) in [5, 5.41) is 0. The van der Waals surface area contributed by atoms with Crippen LogP contribution in [0.15, 0.2) is 207 Å². The standard InChI is InChI=1S/C58H62O3/c1-3-39-55(41-23-25-47(43-55)45-59-57(49-27-11-5-12-28-49,50-29-13-6-14-30-50)51-31-15-7-16-32-51)61-56(40-4-2)42-24-26-48(44-56)46-60-58(52-33-17-8-18-34-52,53-35-19-9-20-36-53)54-37-21-10-22-38-54/h3-22,27-38,47-48H,1-2,23-26,39-46H2/t47-,48-,55-,56-/m0/s1. The van der Waals surface area contributed by atoms with Gasteiger partial charge in [0.2, 0.25) is 0 Å². The average Bonchev–Trinajstić information content (AvgIpc) is 3.32. The lowest BCUT2D eigenvalue weighted by atomic mass is 9.72. The van der Waals surface area contributed by atoms with Crippen LogP contribution in [0.5, 0.6) is 0 Å². The fourth-order valence-corrected chi connectivity index (χ4v) is 10.8. The molecule has 0 unspecified atom stereocenters. The molecule has 312 valence electrons. The molecule has 8 rings (SSSR count). The van der Waals surface area contributed by atoms with E-state index in [1.54, 1.807) is 0 Å². The Hall–Kier alpha value is -5.32. The SMILES string of the molecule is C=CC[C@]1(O[C@@]2(CC=C)CCC[C@H](COC(c3ccccc3)(c3ccccc3)c3ccccc3)C2)CCC[C@H](COC(c2ccccc2)(c2ccccc2)c2ccccc2)C1. The highest BCUT2D eigenvalue weighted by Gasteiger charge is 2.48. The van der Waals surface area contributed by atoms with Crippen LogP contribution in [0, 0.1) is 11.8 Å². The highest BCUT2D eigenvalue weighted by molar-refractivity contribution is 5.49. The van der Waals surface area contributed by atoms with E-state index >= 15 is 0 Å². The van der Waals surface area contributed by atoms with Crippen molar-refractivity contribution in [2.75, 3.05) is 13.2 Å². The second-order valence-electron chi connectivity index (χ2n) is 17.6. The molecule has 6 aromatic rings. The largest absolute Gasteiger partial charge is 0.368 e. The normalized spacial score (nSPS) is 22.0. The second-order valence-corrected chi connectivity index (χ2v) is 17.6. The molecule has 6 aromatic carbocycles. The van der Waals surface area contributed by atoms with Crippen LogP contribution >= 0.6 is 0 Å². The van der Waals surface area contributed by atoms with Crippen molar-refractivity contribution >= 4 is 0 Å². The summed E-state index contributed by atoms with van der Waals surface area (Å²) in [6, 6.07) is 64.4. The van der Waals surface area contributed by atoms with Gasteiger partial charge in [-0.05, 0) is 96.6 Å². The molecule has 2 aliphatic rings. The van der Waals surface area contributed by atoms with E-state index in [1.165, 1.54) is 0 Å². The monoisotopic (exact) mass is 806 g/mol. The van der Waals surface area contributed by atoms with Crippen molar-refractivity contribution in [3.05, 3.63) is 241 Å².